The van der Waals surface area contributed by atoms with Crippen molar-refractivity contribution in [2.24, 2.45) is 0 Å². The summed E-state index contributed by atoms with van der Waals surface area (Å²) in [6.07, 6.45) is 3.76. The molecule has 3 N–H and O–H groups in total. The Bertz CT molecular complexity index is 647. The SMILES string of the molecule is Cc1[nH]c2ccccc2c1CC(=O)N[C@@H]1CCCC[C@H]1O. The molecule has 0 spiro atoms. The van der Waals surface area contributed by atoms with Gasteiger partial charge >= 0.3 is 0 Å². The third-order valence-corrected chi connectivity index (χ3v) is 4.44. The smallest absolute Gasteiger partial charge is 0.224 e. The number of carbonyl (C=O) groups is 1. The predicted octanol–water partition coefficient (Wildman–Crippen LogP) is 2.44. The summed E-state index contributed by atoms with van der Waals surface area (Å²) in [7, 11) is 0. The number of benzene rings is 1. The molecule has 0 aliphatic heterocycles. The number of aliphatic hydroxyl groups excluding tert-OH is 1. The Hall–Kier alpha value is -1.81. The third-order valence-electron chi connectivity index (χ3n) is 4.44. The van der Waals surface area contributed by atoms with E-state index in [-0.39, 0.29) is 11.9 Å². The molecule has 0 bridgehead atoms. The first-order chi connectivity index (χ1) is 10.1. The van der Waals surface area contributed by atoms with Crippen molar-refractivity contribution in [2.45, 2.75) is 51.2 Å². The maximum absolute atomic E-state index is 12.3. The van der Waals surface area contributed by atoms with Gasteiger partial charge in [-0.15, -0.1) is 0 Å². The number of aryl methyl sites for hydroxylation is 1. The van der Waals surface area contributed by atoms with Gasteiger partial charge in [0.15, 0.2) is 0 Å². The zero-order valence-corrected chi connectivity index (χ0v) is 12.4. The van der Waals surface area contributed by atoms with Gasteiger partial charge in [-0.2, -0.15) is 0 Å². The number of fused-ring (bicyclic) bond motifs is 1. The Kier molecular flexibility index (Phi) is 3.97. The number of rotatable bonds is 3. The maximum atomic E-state index is 12.3. The number of carbonyl (C=O) groups excluding carboxylic acids is 1. The van der Waals surface area contributed by atoms with E-state index >= 15 is 0 Å². The van der Waals surface area contributed by atoms with Gasteiger partial charge in [0.25, 0.3) is 0 Å². The quantitative estimate of drug-likeness (QED) is 0.811. The fourth-order valence-corrected chi connectivity index (χ4v) is 3.26. The highest BCUT2D eigenvalue weighted by Crippen LogP contribution is 2.23. The van der Waals surface area contributed by atoms with E-state index < -0.39 is 6.10 Å². The molecule has 4 nitrogen and oxygen atoms in total. The number of hydrogen-bond donors (Lipinski definition) is 3. The topological polar surface area (TPSA) is 65.1 Å². The molecule has 1 amide bonds. The van der Waals surface area contributed by atoms with Gasteiger partial charge in [0, 0.05) is 16.6 Å². The van der Waals surface area contributed by atoms with E-state index in [1.165, 1.54) is 0 Å². The molecule has 1 aromatic heterocycles. The van der Waals surface area contributed by atoms with Gasteiger partial charge in [-0.3, -0.25) is 4.79 Å². The average Bonchev–Trinajstić information content (AvgIpc) is 2.78. The molecular formula is C17H22N2O2. The number of aromatic nitrogens is 1. The Labute approximate surface area is 124 Å². The van der Waals surface area contributed by atoms with Crippen LogP contribution in [0.15, 0.2) is 24.3 Å². The number of H-pyrrole nitrogens is 1. The van der Waals surface area contributed by atoms with Crippen LogP contribution in [0, 0.1) is 6.92 Å². The first-order valence-electron chi connectivity index (χ1n) is 7.69. The van der Waals surface area contributed by atoms with Gasteiger partial charge < -0.3 is 15.4 Å². The molecule has 112 valence electrons. The molecule has 0 unspecified atom stereocenters. The van der Waals surface area contributed by atoms with Crippen LogP contribution < -0.4 is 5.32 Å². The monoisotopic (exact) mass is 286 g/mol. The van der Waals surface area contributed by atoms with Crippen LogP contribution in [0.1, 0.15) is 36.9 Å². The molecule has 1 aliphatic rings. The second-order valence-electron chi connectivity index (χ2n) is 5.98. The number of para-hydroxylation sites is 1. The van der Waals surface area contributed by atoms with Crippen molar-refractivity contribution in [3.63, 3.8) is 0 Å². The third kappa shape index (κ3) is 2.95. The van der Waals surface area contributed by atoms with Crippen LogP contribution in [0.2, 0.25) is 0 Å². The molecule has 1 aromatic carbocycles. The summed E-state index contributed by atoms with van der Waals surface area (Å²) in [4.78, 5) is 15.6. The maximum Gasteiger partial charge on any atom is 0.224 e. The van der Waals surface area contributed by atoms with Crippen molar-refractivity contribution < 1.29 is 9.90 Å². The number of hydrogen-bond acceptors (Lipinski definition) is 2. The molecule has 2 aromatic rings. The molecule has 0 saturated heterocycles. The normalized spacial score (nSPS) is 22.4. The number of aromatic amines is 1. The molecule has 1 aliphatic carbocycles. The minimum atomic E-state index is -0.397. The summed E-state index contributed by atoms with van der Waals surface area (Å²) in [5, 5.41) is 14.1. The van der Waals surface area contributed by atoms with Crippen LogP contribution >= 0.6 is 0 Å². The van der Waals surface area contributed by atoms with Crippen LogP contribution in [0.3, 0.4) is 0 Å². The standard InChI is InChI=1S/C17H22N2O2/c1-11-13(12-6-2-3-7-14(12)18-11)10-17(21)19-15-8-4-5-9-16(15)20/h2-3,6-7,15-16,18,20H,4-5,8-10H2,1H3,(H,19,21)/t15-,16-/m1/s1. The van der Waals surface area contributed by atoms with Crippen molar-refractivity contribution in [2.75, 3.05) is 0 Å². The highest BCUT2D eigenvalue weighted by Gasteiger charge is 2.24. The summed E-state index contributed by atoms with van der Waals surface area (Å²) < 4.78 is 0. The van der Waals surface area contributed by atoms with E-state index in [0.717, 1.165) is 47.8 Å². The zero-order valence-electron chi connectivity index (χ0n) is 12.4. The first-order valence-corrected chi connectivity index (χ1v) is 7.69. The van der Waals surface area contributed by atoms with Gasteiger partial charge in [0.05, 0.1) is 18.6 Å². The lowest BCUT2D eigenvalue weighted by Gasteiger charge is -2.28. The molecule has 4 heteroatoms. The molecule has 21 heavy (non-hydrogen) atoms. The summed E-state index contributed by atoms with van der Waals surface area (Å²) in [6.45, 7) is 2.00. The Morgan fingerprint density at radius 2 is 2.10 bits per heavy atom. The second-order valence-corrected chi connectivity index (χ2v) is 5.98. The molecular weight excluding hydrogens is 264 g/mol. The van der Waals surface area contributed by atoms with Gasteiger partial charge in [-0.25, -0.2) is 0 Å². The summed E-state index contributed by atoms with van der Waals surface area (Å²) in [5.74, 6) is -0.00574. The zero-order chi connectivity index (χ0) is 14.8. The van der Waals surface area contributed by atoms with E-state index in [4.69, 9.17) is 0 Å². The first kappa shape index (κ1) is 14.1. The molecule has 0 radical (unpaired) electrons. The Morgan fingerprint density at radius 3 is 2.90 bits per heavy atom. The molecule has 3 rings (SSSR count). The predicted molar refractivity (Wildman–Crippen MR) is 83.1 cm³/mol. The van der Waals surface area contributed by atoms with Gasteiger partial charge in [-0.05, 0) is 31.4 Å². The molecule has 1 heterocycles. The fraction of sp³-hybridized carbons (Fsp3) is 0.471. The highest BCUT2D eigenvalue weighted by atomic mass is 16.3. The minimum absolute atomic E-state index is 0.00574. The van der Waals surface area contributed by atoms with Crippen molar-refractivity contribution >= 4 is 16.8 Å². The van der Waals surface area contributed by atoms with Crippen LogP contribution in [-0.2, 0) is 11.2 Å². The number of nitrogens with one attached hydrogen (secondary N) is 2. The van der Waals surface area contributed by atoms with Crippen molar-refractivity contribution in [3.05, 3.63) is 35.5 Å². The van der Waals surface area contributed by atoms with Crippen LogP contribution in [0.25, 0.3) is 10.9 Å². The van der Waals surface area contributed by atoms with E-state index in [0.29, 0.717) is 6.42 Å². The lowest BCUT2D eigenvalue weighted by atomic mass is 9.92. The van der Waals surface area contributed by atoms with E-state index in [2.05, 4.69) is 10.3 Å². The minimum Gasteiger partial charge on any atom is -0.391 e. The number of aliphatic hydroxyl groups is 1. The van der Waals surface area contributed by atoms with Gasteiger partial charge in [0.2, 0.25) is 5.91 Å². The Morgan fingerprint density at radius 1 is 1.33 bits per heavy atom. The van der Waals surface area contributed by atoms with Gasteiger partial charge in [-0.1, -0.05) is 31.0 Å². The van der Waals surface area contributed by atoms with Crippen LogP contribution in [0.4, 0.5) is 0 Å². The largest absolute Gasteiger partial charge is 0.391 e. The molecule has 2 atom stereocenters. The average molecular weight is 286 g/mol. The molecule has 1 saturated carbocycles. The summed E-state index contributed by atoms with van der Waals surface area (Å²) in [6, 6.07) is 7.95. The van der Waals surface area contributed by atoms with Crippen LogP contribution in [0.5, 0.6) is 0 Å². The Balaban J connectivity index is 1.73. The van der Waals surface area contributed by atoms with Crippen LogP contribution in [-0.4, -0.2) is 28.1 Å². The van der Waals surface area contributed by atoms with Crippen molar-refractivity contribution in [1.29, 1.82) is 0 Å². The van der Waals surface area contributed by atoms with Crippen molar-refractivity contribution in [3.8, 4) is 0 Å². The molecule has 1 fully saturated rings. The second kappa shape index (κ2) is 5.90. The highest BCUT2D eigenvalue weighted by molar-refractivity contribution is 5.90. The summed E-state index contributed by atoms with van der Waals surface area (Å²) >= 11 is 0. The lowest BCUT2D eigenvalue weighted by molar-refractivity contribution is -0.122. The van der Waals surface area contributed by atoms with Gasteiger partial charge in [0.1, 0.15) is 0 Å². The van der Waals surface area contributed by atoms with E-state index in [1.807, 2.05) is 31.2 Å². The van der Waals surface area contributed by atoms with Crippen molar-refractivity contribution in [1.82, 2.24) is 10.3 Å². The number of amides is 1. The van der Waals surface area contributed by atoms with E-state index in [1.54, 1.807) is 0 Å². The van der Waals surface area contributed by atoms with E-state index in [9.17, 15) is 9.90 Å². The fourth-order valence-electron chi connectivity index (χ4n) is 3.26. The lowest BCUT2D eigenvalue weighted by Crippen LogP contribution is -2.45. The summed E-state index contributed by atoms with van der Waals surface area (Å²) in [5.41, 5.74) is 3.15.